The summed E-state index contributed by atoms with van der Waals surface area (Å²) in [5.74, 6) is -1.69. The fraction of sp³-hybridized carbons (Fsp3) is 0.875. The zero-order chi connectivity index (χ0) is 15.2. The molecule has 2 aliphatic rings. The summed E-state index contributed by atoms with van der Waals surface area (Å²) in [5.41, 5.74) is 1.34. The van der Waals surface area contributed by atoms with Gasteiger partial charge >= 0.3 is 5.89 Å². The maximum atomic E-state index is 2.89. The van der Waals surface area contributed by atoms with E-state index in [9.17, 15) is 0 Å². The zero-order valence-electron chi connectivity index (χ0n) is 14.0. The van der Waals surface area contributed by atoms with Gasteiger partial charge in [0.25, 0.3) is 0 Å². The van der Waals surface area contributed by atoms with Gasteiger partial charge in [0.15, 0.2) is 0 Å². The maximum Gasteiger partial charge on any atom is 0.336 e. The van der Waals surface area contributed by atoms with Crippen molar-refractivity contribution in [1.29, 1.82) is 0 Å². The summed E-state index contributed by atoms with van der Waals surface area (Å²) < 4.78 is 5.48. The predicted octanol–water partition coefficient (Wildman–Crippen LogP) is 5.38. The molecule has 0 atom stereocenters. The van der Waals surface area contributed by atoms with Gasteiger partial charge in [0.2, 0.25) is 0 Å². The molecule has 20 heavy (non-hydrogen) atoms. The maximum absolute atomic E-state index is 2.89. The van der Waals surface area contributed by atoms with Crippen molar-refractivity contribution in [3.8, 4) is 0 Å². The minimum atomic E-state index is -1.69. The molecule has 2 rings (SSSR count). The first kappa shape index (κ1) is 16.7. The van der Waals surface area contributed by atoms with E-state index in [4.69, 9.17) is 0 Å². The van der Waals surface area contributed by atoms with E-state index in [0.717, 1.165) is 5.54 Å². The van der Waals surface area contributed by atoms with Crippen molar-refractivity contribution in [1.82, 2.24) is 9.13 Å². The molecule has 116 valence electrons. The Morgan fingerprint density at radius 3 is 1.60 bits per heavy atom. The summed E-state index contributed by atoms with van der Waals surface area (Å²) in [6.45, 7) is 14.2. The Morgan fingerprint density at radius 2 is 1.25 bits per heavy atom. The molecule has 1 aliphatic heterocycles. The van der Waals surface area contributed by atoms with Crippen LogP contribution < -0.4 is 0 Å². The number of hydrogen-bond acceptors (Lipinski definition) is 2. The van der Waals surface area contributed by atoms with Crippen LogP contribution in [0.1, 0.15) is 73.6 Å². The summed E-state index contributed by atoms with van der Waals surface area (Å²) >= 11 is 2.89. The summed E-state index contributed by atoms with van der Waals surface area (Å²) in [7, 11) is 0. The van der Waals surface area contributed by atoms with E-state index in [-0.39, 0.29) is 11.1 Å². The van der Waals surface area contributed by atoms with Gasteiger partial charge in [0.05, 0.1) is 0 Å². The lowest BCUT2D eigenvalue weighted by atomic mass is 10.0. The van der Waals surface area contributed by atoms with Crippen molar-refractivity contribution in [3.63, 3.8) is 0 Å². The summed E-state index contributed by atoms with van der Waals surface area (Å²) in [6.07, 6.45) is 11.9. The lowest BCUT2D eigenvalue weighted by Gasteiger charge is -2.53. The van der Waals surface area contributed by atoms with Gasteiger partial charge < -0.3 is 9.13 Å². The van der Waals surface area contributed by atoms with Gasteiger partial charge in [0.1, 0.15) is 0 Å². The second-order valence-corrected chi connectivity index (χ2v) is 16.2. The first-order valence-corrected chi connectivity index (χ1v) is 13.1. The Kier molecular flexibility index (Phi) is 4.57. The van der Waals surface area contributed by atoms with E-state index >= 15 is 0 Å². The second kappa shape index (κ2) is 5.49. The molecule has 0 radical (unpaired) electrons. The summed E-state index contributed by atoms with van der Waals surface area (Å²) in [4.78, 5) is 0. The second-order valence-electron chi connectivity index (χ2n) is 8.35. The Labute approximate surface area is 139 Å². The monoisotopic (exact) mass is 406 g/mol. The molecule has 0 N–H and O–H groups in total. The standard InChI is InChI=1S/C16H31IN2Si/c1-15(2,3)18-12-13-19(16(4,5)6)20(18,17)14-10-8-7-9-11-14/h12-14H,7-11H2,1-6H3. The average molecular weight is 406 g/mol. The van der Waals surface area contributed by atoms with Crippen molar-refractivity contribution < 1.29 is 0 Å². The van der Waals surface area contributed by atoms with E-state index in [1.165, 1.54) is 32.1 Å². The van der Waals surface area contributed by atoms with E-state index in [1.54, 1.807) is 0 Å². The number of hydrogen-bond donors (Lipinski definition) is 0. The zero-order valence-corrected chi connectivity index (χ0v) is 17.2. The predicted molar refractivity (Wildman–Crippen MR) is 98.9 cm³/mol. The highest BCUT2D eigenvalue weighted by atomic mass is 127. The first-order valence-electron chi connectivity index (χ1n) is 8.04. The highest BCUT2D eigenvalue weighted by molar-refractivity contribution is 14.1. The number of nitrogens with zero attached hydrogens (tertiary/aromatic N) is 2. The molecular weight excluding hydrogens is 375 g/mol. The van der Waals surface area contributed by atoms with E-state index < -0.39 is 5.89 Å². The van der Waals surface area contributed by atoms with Crippen LogP contribution in [0.3, 0.4) is 0 Å². The highest BCUT2D eigenvalue weighted by Gasteiger charge is 2.57. The highest BCUT2D eigenvalue weighted by Crippen LogP contribution is 2.51. The van der Waals surface area contributed by atoms with Crippen molar-refractivity contribution in [2.24, 2.45) is 0 Å². The fourth-order valence-corrected chi connectivity index (χ4v) is 15.5. The van der Waals surface area contributed by atoms with Gasteiger partial charge in [-0.1, -0.05) is 41.1 Å². The topological polar surface area (TPSA) is 6.48 Å². The summed E-state index contributed by atoms with van der Waals surface area (Å²) in [6, 6.07) is 0. The van der Waals surface area contributed by atoms with Crippen LogP contribution >= 0.6 is 21.8 Å². The van der Waals surface area contributed by atoms with E-state index in [0.29, 0.717) is 0 Å². The molecule has 1 aliphatic carbocycles. The van der Waals surface area contributed by atoms with Gasteiger partial charge in [-0.3, -0.25) is 0 Å². The van der Waals surface area contributed by atoms with Crippen LogP contribution in [-0.4, -0.2) is 26.1 Å². The lowest BCUT2D eigenvalue weighted by molar-refractivity contribution is 0.262. The molecule has 1 saturated carbocycles. The molecule has 0 aromatic rings. The van der Waals surface area contributed by atoms with Crippen LogP contribution in [-0.2, 0) is 0 Å². The average Bonchev–Trinajstić information content (AvgIpc) is 2.69. The van der Waals surface area contributed by atoms with Crippen molar-refractivity contribution >= 4 is 27.7 Å². The van der Waals surface area contributed by atoms with Crippen LogP contribution in [0.2, 0.25) is 5.54 Å². The lowest BCUT2D eigenvalue weighted by Crippen LogP contribution is -2.66. The molecule has 0 unspecified atom stereocenters. The molecule has 1 heterocycles. The molecule has 0 spiro atoms. The summed E-state index contributed by atoms with van der Waals surface area (Å²) in [5, 5.41) is 0. The van der Waals surface area contributed by atoms with Crippen molar-refractivity contribution in [3.05, 3.63) is 12.4 Å². The smallest absolute Gasteiger partial charge is 0.336 e. The molecule has 2 nitrogen and oxygen atoms in total. The largest absolute Gasteiger partial charge is 0.373 e. The quantitative estimate of drug-likeness (QED) is 0.328. The molecule has 0 aromatic carbocycles. The fourth-order valence-electron chi connectivity index (χ4n) is 3.71. The third-order valence-corrected chi connectivity index (χ3v) is 15.0. The molecule has 0 saturated heterocycles. The molecule has 4 heteroatoms. The third-order valence-electron chi connectivity index (χ3n) is 4.61. The minimum Gasteiger partial charge on any atom is -0.373 e. The van der Waals surface area contributed by atoms with Gasteiger partial charge in [-0.25, -0.2) is 0 Å². The van der Waals surface area contributed by atoms with Gasteiger partial charge in [-0.2, -0.15) is 0 Å². The van der Waals surface area contributed by atoms with Crippen molar-refractivity contribution in [2.75, 3.05) is 0 Å². The van der Waals surface area contributed by atoms with Gasteiger partial charge in [0, 0.05) is 29.0 Å². The van der Waals surface area contributed by atoms with Gasteiger partial charge in [-0.15, -0.1) is 0 Å². The Balaban J connectivity index is 2.39. The molecule has 0 aromatic heterocycles. The molecule has 0 amide bonds. The minimum absolute atomic E-state index is 0.224. The molecule has 0 bridgehead atoms. The SMILES string of the molecule is CC(C)(C)N1C=CN(C(C)(C)C)[Si]1(I)C1CCCCC1. The van der Waals surface area contributed by atoms with Crippen LogP contribution in [0.4, 0.5) is 0 Å². The normalized spacial score (nSPS) is 24.6. The van der Waals surface area contributed by atoms with Crippen LogP contribution in [0.5, 0.6) is 0 Å². The number of halogens is 1. The first-order chi connectivity index (χ1) is 9.08. The number of rotatable bonds is 1. The van der Waals surface area contributed by atoms with Gasteiger partial charge in [-0.05, 0) is 54.4 Å². The van der Waals surface area contributed by atoms with Crippen LogP contribution in [0.25, 0.3) is 0 Å². The molecular formula is C16H31IN2Si. The Bertz CT molecular complexity index is 351. The van der Waals surface area contributed by atoms with Crippen molar-refractivity contribution in [2.45, 2.75) is 90.3 Å². The van der Waals surface area contributed by atoms with Crippen LogP contribution in [0.15, 0.2) is 12.4 Å². The van der Waals surface area contributed by atoms with Crippen LogP contribution in [0, 0.1) is 0 Å². The van der Waals surface area contributed by atoms with E-state index in [2.05, 4.69) is 84.9 Å². The van der Waals surface area contributed by atoms with E-state index in [1.807, 2.05) is 0 Å². The molecule has 1 fully saturated rings. The third kappa shape index (κ3) is 2.92. The Hall–Kier alpha value is 0.287. The Morgan fingerprint density at radius 1 is 0.850 bits per heavy atom.